The minimum Gasteiger partial charge on any atom is -0.480 e. The Morgan fingerprint density at radius 2 is 2.00 bits per heavy atom. The number of thioether (sulfide) groups is 1. The average molecular weight is 401 g/mol. The number of rotatable bonds is 5. The van der Waals surface area contributed by atoms with E-state index in [2.05, 4.69) is 10.3 Å². The number of aromatic nitrogens is 1. The molecule has 1 aromatic rings. The molecule has 1 amide bonds. The molecule has 0 aromatic carbocycles. The largest absolute Gasteiger partial charge is 0.480 e. The van der Waals surface area contributed by atoms with Crippen LogP contribution in [-0.2, 0) is 15.7 Å². The van der Waals surface area contributed by atoms with Gasteiger partial charge in [-0.1, -0.05) is 11.6 Å². The van der Waals surface area contributed by atoms with E-state index in [1.54, 1.807) is 20.8 Å². The number of aliphatic carboxylic acids is 1. The van der Waals surface area contributed by atoms with E-state index in [9.17, 15) is 22.8 Å². The lowest BCUT2D eigenvalue weighted by atomic mass is 10.2. The van der Waals surface area contributed by atoms with Crippen molar-refractivity contribution in [3.63, 3.8) is 0 Å². The van der Waals surface area contributed by atoms with Gasteiger partial charge in [-0.25, -0.2) is 14.6 Å². The zero-order valence-corrected chi connectivity index (χ0v) is 15.1. The van der Waals surface area contributed by atoms with Crippen molar-refractivity contribution in [1.29, 1.82) is 0 Å². The van der Waals surface area contributed by atoms with Crippen LogP contribution in [0.2, 0.25) is 5.02 Å². The number of carbonyl (C=O) groups is 2. The Bertz CT molecular complexity index is 650. The molecule has 1 rings (SSSR count). The van der Waals surface area contributed by atoms with Crippen LogP contribution in [0.15, 0.2) is 17.3 Å². The van der Waals surface area contributed by atoms with Crippen molar-refractivity contribution < 1.29 is 32.6 Å². The summed E-state index contributed by atoms with van der Waals surface area (Å²) in [5, 5.41) is 11.1. The van der Waals surface area contributed by atoms with Gasteiger partial charge < -0.3 is 15.2 Å². The Balaban J connectivity index is 2.75. The Labute approximate surface area is 151 Å². The van der Waals surface area contributed by atoms with E-state index < -0.39 is 35.4 Å². The Kier molecular flexibility index (Phi) is 6.95. The smallest absolute Gasteiger partial charge is 0.417 e. The monoisotopic (exact) mass is 400 g/mol. The van der Waals surface area contributed by atoms with Crippen LogP contribution in [0.4, 0.5) is 18.0 Å². The van der Waals surface area contributed by atoms with Gasteiger partial charge in [-0.15, -0.1) is 11.8 Å². The topological polar surface area (TPSA) is 88.5 Å². The van der Waals surface area contributed by atoms with Gasteiger partial charge in [0, 0.05) is 11.9 Å². The summed E-state index contributed by atoms with van der Waals surface area (Å²) >= 11 is 6.55. The minimum atomic E-state index is -4.58. The van der Waals surface area contributed by atoms with Gasteiger partial charge in [-0.3, -0.25) is 0 Å². The molecular formula is C14H16ClF3N2O4S. The van der Waals surface area contributed by atoms with Gasteiger partial charge in [-0.05, 0) is 26.8 Å². The van der Waals surface area contributed by atoms with Crippen molar-refractivity contribution in [1.82, 2.24) is 10.3 Å². The van der Waals surface area contributed by atoms with Crippen LogP contribution in [0.25, 0.3) is 0 Å². The van der Waals surface area contributed by atoms with Crippen molar-refractivity contribution in [2.75, 3.05) is 5.75 Å². The van der Waals surface area contributed by atoms with Gasteiger partial charge in [0.25, 0.3) is 0 Å². The van der Waals surface area contributed by atoms with E-state index >= 15 is 0 Å². The van der Waals surface area contributed by atoms with Gasteiger partial charge in [-0.2, -0.15) is 13.2 Å². The Hall–Kier alpha value is -1.68. The lowest BCUT2D eigenvalue weighted by Gasteiger charge is -2.21. The third-order valence-electron chi connectivity index (χ3n) is 2.51. The number of nitrogens with zero attached hydrogens (tertiary/aromatic N) is 1. The number of pyridine rings is 1. The van der Waals surface area contributed by atoms with Gasteiger partial charge in [0.1, 0.15) is 16.7 Å². The van der Waals surface area contributed by atoms with Crippen LogP contribution in [0, 0.1) is 0 Å². The van der Waals surface area contributed by atoms with E-state index in [0.717, 1.165) is 11.8 Å². The molecular weight excluding hydrogens is 385 g/mol. The molecule has 0 unspecified atom stereocenters. The molecule has 1 heterocycles. The van der Waals surface area contributed by atoms with Crippen LogP contribution in [0.3, 0.4) is 0 Å². The van der Waals surface area contributed by atoms with Crippen molar-refractivity contribution in [3.05, 3.63) is 22.8 Å². The predicted molar refractivity (Wildman–Crippen MR) is 85.8 cm³/mol. The van der Waals surface area contributed by atoms with E-state index in [0.29, 0.717) is 12.3 Å². The highest BCUT2D eigenvalue weighted by Crippen LogP contribution is 2.33. The average Bonchev–Trinajstić information content (AvgIpc) is 2.41. The Morgan fingerprint density at radius 1 is 1.40 bits per heavy atom. The van der Waals surface area contributed by atoms with Crippen LogP contribution in [-0.4, -0.2) is 39.5 Å². The van der Waals surface area contributed by atoms with E-state index in [1.807, 2.05) is 0 Å². The second-order valence-corrected chi connectivity index (χ2v) is 7.27. The highest BCUT2D eigenvalue weighted by molar-refractivity contribution is 7.99. The summed E-state index contributed by atoms with van der Waals surface area (Å²) < 4.78 is 42.6. The number of carboxylic acids is 1. The molecule has 0 aliphatic carbocycles. The summed E-state index contributed by atoms with van der Waals surface area (Å²) in [5.41, 5.74) is -1.82. The maximum Gasteiger partial charge on any atom is 0.417 e. The SMILES string of the molecule is CC(C)(C)OC(=O)N[C@H](CSc1ncc(C(F)(F)F)cc1Cl)C(=O)O. The third kappa shape index (κ3) is 7.39. The molecule has 1 aromatic heterocycles. The maximum absolute atomic E-state index is 12.6. The molecule has 140 valence electrons. The molecule has 6 nitrogen and oxygen atoms in total. The lowest BCUT2D eigenvalue weighted by molar-refractivity contribution is -0.139. The molecule has 0 radical (unpaired) electrons. The molecule has 2 N–H and O–H groups in total. The number of amides is 1. The first-order chi connectivity index (χ1) is 11.3. The van der Waals surface area contributed by atoms with Crippen molar-refractivity contribution >= 4 is 35.4 Å². The molecule has 11 heteroatoms. The standard InChI is InChI=1S/C14H16ClF3N2O4S/c1-13(2,3)24-12(23)20-9(11(21)22)6-25-10-8(15)4-7(5-19-10)14(16,17)18/h4-5,9H,6H2,1-3H3,(H,20,23)(H,21,22)/t9-/m1/s1. The second-order valence-electron chi connectivity index (χ2n) is 5.86. The van der Waals surface area contributed by atoms with Crippen LogP contribution in [0.5, 0.6) is 0 Å². The molecule has 0 aliphatic rings. The number of carbonyl (C=O) groups excluding carboxylic acids is 1. The summed E-state index contributed by atoms with van der Waals surface area (Å²) in [6.45, 7) is 4.84. The quantitative estimate of drug-likeness (QED) is 0.730. The number of nitrogens with one attached hydrogen (secondary N) is 1. The first kappa shape index (κ1) is 21.4. The molecule has 0 bridgehead atoms. The normalized spacial score (nSPS) is 13.2. The fourth-order valence-corrected chi connectivity index (χ4v) is 2.68. The van der Waals surface area contributed by atoms with Crippen LogP contribution in [0.1, 0.15) is 26.3 Å². The first-order valence-electron chi connectivity index (χ1n) is 6.87. The zero-order valence-electron chi connectivity index (χ0n) is 13.5. The maximum atomic E-state index is 12.6. The number of alkyl halides is 3. The number of hydrogen-bond donors (Lipinski definition) is 2. The second kappa shape index (κ2) is 8.13. The summed E-state index contributed by atoms with van der Waals surface area (Å²) in [6, 6.07) is -0.631. The zero-order chi connectivity index (χ0) is 19.4. The molecule has 0 saturated heterocycles. The van der Waals surface area contributed by atoms with Crippen molar-refractivity contribution in [2.45, 2.75) is 43.6 Å². The van der Waals surface area contributed by atoms with Gasteiger partial charge in [0.15, 0.2) is 0 Å². The van der Waals surface area contributed by atoms with Gasteiger partial charge in [0.05, 0.1) is 10.6 Å². The lowest BCUT2D eigenvalue weighted by Crippen LogP contribution is -2.44. The van der Waals surface area contributed by atoms with Gasteiger partial charge >= 0.3 is 18.2 Å². The van der Waals surface area contributed by atoms with E-state index in [-0.39, 0.29) is 15.8 Å². The number of carboxylic acid groups (broad SMARTS) is 1. The fraction of sp³-hybridized carbons (Fsp3) is 0.500. The summed E-state index contributed by atoms with van der Waals surface area (Å²) in [7, 11) is 0. The third-order valence-corrected chi connectivity index (χ3v) is 4.01. The molecule has 0 fully saturated rings. The molecule has 0 aliphatic heterocycles. The number of ether oxygens (including phenoxy) is 1. The minimum absolute atomic E-state index is 0.0203. The van der Waals surface area contributed by atoms with Gasteiger partial charge in [0.2, 0.25) is 0 Å². The summed E-state index contributed by atoms with van der Waals surface area (Å²) in [6.07, 6.45) is -4.90. The van der Waals surface area contributed by atoms with Crippen molar-refractivity contribution in [3.8, 4) is 0 Å². The molecule has 0 spiro atoms. The Morgan fingerprint density at radius 3 is 2.44 bits per heavy atom. The predicted octanol–water partition coefficient (Wildman–Crippen LogP) is 3.82. The first-order valence-corrected chi connectivity index (χ1v) is 8.24. The molecule has 25 heavy (non-hydrogen) atoms. The van der Waals surface area contributed by atoms with Crippen molar-refractivity contribution in [2.24, 2.45) is 0 Å². The highest BCUT2D eigenvalue weighted by atomic mass is 35.5. The van der Waals surface area contributed by atoms with Crippen LogP contribution >= 0.6 is 23.4 Å². The highest BCUT2D eigenvalue weighted by Gasteiger charge is 2.32. The van der Waals surface area contributed by atoms with Crippen LogP contribution < -0.4 is 5.32 Å². The number of hydrogen-bond acceptors (Lipinski definition) is 5. The summed E-state index contributed by atoms with van der Waals surface area (Å²) in [4.78, 5) is 26.4. The van der Waals surface area contributed by atoms with E-state index in [4.69, 9.17) is 21.4 Å². The summed E-state index contributed by atoms with van der Waals surface area (Å²) in [5.74, 6) is -1.53. The number of halogens is 4. The fourth-order valence-electron chi connectivity index (χ4n) is 1.47. The molecule has 1 atom stereocenters. The van der Waals surface area contributed by atoms with E-state index in [1.165, 1.54) is 0 Å². The molecule has 0 saturated carbocycles. The number of alkyl carbamates (subject to hydrolysis) is 1.